The number of likely N-dealkylation sites (N-methyl/N-ethyl adjacent to an activating group) is 1. The average Bonchev–Trinajstić information content (AvgIpc) is 2.68. The number of anilines is 4. The lowest BCUT2D eigenvalue weighted by Gasteiger charge is -2.28. The number of rotatable bonds is 6. The van der Waals surface area contributed by atoms with Gasteiger partial charge in [-0.05, 0) is 30.7 Å². The summed E-state index contributed by atoms with van der Waals surface area (Å²) >= 11 is 0. The van der Waals surface area contributed by atoms with Crippen LogP contribution in [0.4, 0.5) is 23.1 Å². The van der Waals surface area contributed by atoms with Crippen LogP contribution < -0.4 is 20.3 Å². The third-order valence-electron chi connectivity index (χ3n) is 4.54. The SMILES string of the molecule is CN1CCOc2cc(Nc3nc(NCCCO)c4ccccc4n3)ccc21. The predicted molar refractivity (Wildman–Crippen MR) is 108 cm³/mol. The number of aliphatic hydroxyl groups excluding tert-OH is 1. The lowest BCUT2D eigenvalue weighted by atomic mass is 10.2. The van der Waals surface area contributed by atoms with Gasteiger partial charge in [-0.2, -0.15) is 4.98 Å². The number of aliphatic hydroxyl groups is 1. The zero-order chi connectivity index (χ0) is 18.6. The molecule has 0 atom stereocenters. The first-order chi connectivity index (χ1) is 13.2. The molecular weight excluding hydrogens is 342 g/mol. The minimum atomic E-state index is 0.144. The van der Waals surface area contributed by atoms with Crippen LogP contribution in [0.15, 0.2) is 42.5 Å². The molecule has 0 aliphatic carbocycles. The Morgan fingerprint density at radius 3 is 2.96 bits per heavy atom. The van der Waals surface area contributed by atoms with Crippen LogP contribution in [0, 0.1) is 0 Å². The second kappa shape index (κ2) is 7.67. The molecule has 0 unspecified atom stereocenters. The minimum absolute atomic E-state index is 0.144. The summed E-state index contributed by atoms with van der Waals surface area (Å²) in [6.07, 6.45) is 0.663. The maximum absolute atomic E-state index is 9.02. The van der Waals surface area contributed by atoms with E-state index in [1.807, 2.05) is 42.5 Å². The fraction of sp³-hybridized carbons (Fsp3) is 0.300. The zero-order valence-electron chi connectivity index (χ0n) is 15.3. The molecular formula is C20H23N5O2. The number of hydrogen-bond donors (Lipinski definition) is 3. The Hall–Kier alpha value is -3.06. The van der Waals surface area contributed by atoms with Crippen LogP contribution in [0.2, 0.25) is 0 Å². The van der Waals surface area contributed by atoms with E-state index in [9.17, 15) is 0 Å². The smallest absolute Gasteiger partial charge is 0.229 e. The molecule has 0 fully saturated rings. The van der Waals surface area contributed by atoms with Crippen LogP contribution in [0.3, 0.4) is 0 Å². The predicted octanol–water partition coefficient (Wildman–Crippen LogP) is 3.00. The highest BCUT2D eigenvalue weighted by molar-refractivity contribution is 5.90. The van der Waals surface area contributed by atoms with E-state index in [-0.39, 0.29) is 6.61 Å². The first-order valence-electron chi connectivity index (χ1n) is 9.11. The van der Waals surface area contributed by atoms with Crippen LogP contribution >= 0.6 is 0 Å². The van der Waals surface area contributed by atoms with Gasteiger partial charge in [0.2, 0.25) is 5.95 Å². The van der Waals surface area contributed by atoms with Crippen LogP contribution in [0.1, 0.15) is 6.42 Å². The van der Waals surface area contributed by atoms with E-state index < -0.39 is 0 Å². The molecule has 1 aliphatic heterocycles. The van der Waals surface area contributed by atoms with Gasteiger partial charge in [-0.1, -0.05) is 12.1 Å². The quantitative estimate of drug-likeness (QED) is 0.579. The molecule has 0 bridgehead atoms. The van der Waals surface area contributed by atoms with E-state index in [1.54, 1.807) is 0 Å². The maximum atomic E-state index is 9.02. The normalized spacial score (nSPS) is 13.2. The molecule has 7 nitrogen and oxygen atoms in total. The van der Waals surface area contributed by atoms with Crippen LogP contribution in [-0.2, 0) is 0 Å². The van der Waals surface area contributed by atoms with Gasteiger partial charge in [0, 0.05) is 37.3 Å². The zero-order valence-corrected chi connectivity index (χ0v) is 15.3. The van der Waals surface area contributed by atoms with Gasteiger partial charge in [0.15, 0.2) is 0 Å². The van der Waals surface area contributed by atoms with Crippen molar-refractivity contribution in [3.63, 3.8) is 0 Å². The second-order valence-electron chi connectivity index (χ2n) is 6.49. The molecule has 4 rings (SSSR count). The van der Waals surface area contributed by atoms with Crippen molar-refractivity contribution in [2.45, 2.75) is 6.42 Å². The number of aromatic nitrogens is 2. The van der Waals surface area contributed by atoms with E-state index in [0.29, 0.717) is 25.5 Å². The third kappa shape index (κ3) is 3.73. The molecule has 3 N–H and O–H groups in total. The fourth-order valence-electron chi connectivity index (χ4n) is 3.12. The molecule has 0 saturated heterocycles. The van der Waals surface area contributed by atoms with Crippen molar-refractivity contribution in [2.24, 2.45) is 0 Å². The number of nitrogens with zero attached hydrogens (tertiary/aromatic N) is 3. The largest absolute Gasteiger partial charge is 0.489 e. The van der Waals surface area contributed by atoms with Crippen LogP contribution in [0.25, 0.3) is 10.9 Å². The fourth-order valence-corrected chi connectivity index (χ4v) is 3.12. The molecule has 2 heterocycles. The van der Waals surface area contributed by atoms with Gasteiger partial charge in [-0.15, -0.1) is 0 Å². The number of para-hydroxylation sites is 1. The van der Waals surface area contributed by atoms with Crippen LogP contribution in [0.5, 0.6) is 5.75 Å². The van der Waals surface area contributed by atoms with Crippen molar-refractivity contribution in [3.05, 3.63) is 42.5 Å². The molecule has 2 aromatic carbocycles. The Balaban J connectivity index is 1.63. The number of hydrogen-bond acceptors (Lipinski definition) is 7. The van der Waals surface area contributed by atoms with E-state index in [1.165, 1.54) is 0 Å². The summed E-state index contributed by atoms with van der Waals surface area (Å²) in [5.74, 6) is 2.13. The highest BCUT2D eigenvalue weighted by atomic mass is 16.5. The Bertz CT molecular complexity index is 947. The summed E-state index contributed by atoms with van der Waals surface area (Å²) in [6.45, 7) is 2.36. The second-order valence-corrected chi connectivity index (χ2v) is 6.49. The summed E-state index contributed by atoms with van der Waals surface area (Å²) in [5, 5.41) is 16.5. The standard InChI is InChI=1S/C20H23N5O2/c1-25-10-12-27-18-13-14(7-8-17(18)25)22-20-23-16-6-3-2-5-15(16)19(24-20)21-9-4-11-26/h2-3,5-8,13,26H,4,9-12H2,1H3,(H2,21,22,23,24). The molecule has 1 aliphatic rings. The van der Waals surface area contributed by atoms with E-state index in [4.69, 9.17) is 9.84 Å². The highest BCUT2D eigenvalue weighted by Gasteiger charge is 2.15. The maximum Gasteiger partial charge on any atom is 0.229 e. The molecule has 27 heavy (non-hydrogen) atoms. The number of ether oxygens (including phenoxy) is 1. The van der Waals surface area contributed by atoms with Gasteiger partial charge >= 0.3 is 0 Å². The summed E-state index contributed by atoms with van der Waals surface area (Å²) in [7, 11) is 2.06. The Kier molecular flexibility index (Phi) is 4.93. The Morgan fingerprint density at radius 1 is 1.19 bits per heavy atom. The molecule has 0 saturated carbocycles. The van der Waals surface area contributed by atoms with E-state index >= 15 is 0 Å². The summed E-state index contributed by atoms with van der Waals surface area (Å²) in [4.78, 5) is 11.4. The summed E-state index contributed by atoms with van der Waals surface area (Å²) in [5.41, 5.74) is 2.81. The van der Waals surface area contributed by atoms with Gasteiger partial charge < -0.3 is 25.4 Å². The lowest BCUT2D eigenvalue weighted by molar-refractivity contribution is 0.292. The van der Waals surface area contributed by atoms with E-state index in [2.05, 4.69) is 32.5 Å². The van der Waals surface area contributed by atoms with Crippen molar-refractivity contribution < 1.29 is 9.84 Å². The van der Waals surface area contributed by atoms with Crippen molar-refractivity contribution in [2.75, 3.05) is 48.9 Å². The Morgan fingerprint density at radius 2 is 2.07 bits per heavy atom. The highest BCUT2D eigenvalue weighted by Crippen LogP contribution is 2.34. The van der Waals surface area contributed by atoms with Gasteiger partial charge in [0.25, 0.3) is 0 Å². The summed E-state index contributed by atoms with van der Waals surface area (Å²) < 4.78 is 5.77. The molecule has 1 aromatic heterocycles. The van der Waals surface area contributed by atoms with E-state index in [0.717, 1.165) is 40.4 Å². The number of benzene rings is 2. The average molecular weight is 365 g/mol. The van der Waals surface area contributed by atoms with Gasteiger partial charge in [0.05, 0.1) is 17.7 Å². The first-order valence-corrected chi connectivity index (χ1v) is 9.11. The van der Waals surface area contributed by atoms with Crippen molar-refractivity contribution in [1.82, 2.24) is 9.97 Å². The summed E-state index contributed by atoms with van der Waals surface area (Å²) in [6, 6.07) is 13.9. The molecule has 0 amide bonds. The molecule has 3 aromatic rings. The van der Waals surface area contributed by atoms with Crippen molar-refractivity contribution in [3.8, 4) is 5.75 Å². The number of fused-ring (bicyclic) bond motifs is 2. The van der Waals surface area contributed by atoms with Gasteiger partial charge in [-0.3, -0.25) is 0 Å². The first kappa shape index (κ1) is 17.4. The minimum Gasteiger partial charge on any atom is -0.489 e. The van der Waals surface area contributed by atoms with Gasteiger partial charge in [0.1, 0.15) is 18.2 Å². The Labute approximate surface area is 158 Å². The lowest BCUT2D eigenvalue weighted by Crippen LogP contribution is -2.28. The van der Waals surface area contributed by atoms with Crippen LogP contribution in [-0.4, -0.2) is 48.4 Å². The topological polar surface area (TPSA) is 82.5 Å². The van der Waals surface area contributed by atoms with Gasteiger partial charge in [-0.25, -0.2) is 4.98 Å². The molecule has 0 radical (unpaired) electrons. The monoisotopic (exact) mass is 365 g/mol. The molecule has 7 heteroatoms. The third-order valence-corrected chi connectivity index (χ3v) is 4.54. The molecule has 0 spiro atoms. The molecule has 140 valence electrons. The van der Waals surface area contributed by atoms with Crippen molar-refractivity contribution in [1.29, 1.82) is 0 Å². The number of nitrogens with one attached hydrogen (secondary N) is 2. The van der Waals surface area contributed by atoms with Crippen molar-refractivity contribution >= 4 is 34.0 Å².